The monoisotopic (exact) mass is 366 g/mol. The van der Waals surface area contributed by atoms with Crippen LogP contribution in [-0.2, 0) is 17.8 Å². The molecule has 4 nitrogen and oxygen atoms in total. The summed E-state index contributed by atoms with van der Waals surface area (Å²) >= 11 is 0. The van der Waals surface area contributed by atoms with E-state index >= 15 is 0 Å². The van der Waals surface area contributed by atoms with Gasteiger partial charge in [-0.3, -0.25) is 4.79 Å². The average molecular weight is 366 g/mol. The molecular formula is C22H19FO4. The first kappa shape index (κ1) is 18.5. The van der Waals surface area contributed by atoms with Gasteiger partial charge in [0.2, 0.25) is 0 Å². The molecule has 0 aliphatic heterocycles. The molecule has 0 atom stereocenters. The number of rotatable bonds is 7. The van der Waals surface area contributed by atoms with Gasteiger partial charge in [-0.15, -0.1) is 0 Å². The number of carbonyl (C=O) groups is 1. The van der Waals surface area contributed by atoms with E-state index in [-0.39, 0.29) is 6.42 Å². The maximum atomic E-state index is 14.4. The molecule has 5 heteroatoms. The van der Waals surface area contributed by atoms with Crippen LogP contribution in [-0.4, -0.2) is 18.2 Å². The molecule has 0 spiro atoms. The fourth-order valence-corrected chi connectivity index (χ4v) is 2.78. The molecule has 3 aromatic rings. The third-order valence-electron chi connectivity index (χ3n) is 4.13. The molecule has 0 bridgehead atoms. The zero-order valence-electron chi connectivity index (χ0n) is 14.8. The van der Waals surface area contributed by atoms with Crippen LogP contribution in [0.4, 0.5) is 4.39 Å². The van der Waals surface area contributed by atoms with Crippen LogP contribution in [0, 0.1) is 5.82 Å². The molecule has 0 unspecified atom stereocenters. The summed E-state index contributed by atoms with van der Waals surface area (Å²) in [5, 5.41) is 9.21. The van der Waals surface area contributed by atoms with E-state index < -0.39 is 11.8 Å². The predicted octanol–water partition coefficient (Wildman–Crippen LogP) is 4.71. The maximum Gasteiger partial charge on any atom is 0.307 e. The fourth-order valence-electron chi connectivity index (χ4n) is 2.78. The molecule has 0 aliphatic rings. The van der Waals surface area contributed by atoms with Crippen molar-refractivity contribution in [1.82, 2.24) is 0 Å². The van der Waals surface area contributed by atoms with Crippen LogP contribution in [0.2, 0.25) is 0 Å². The van der Waals surface area contributed by atoms with Crippen LogP contribution in [0.3, 0.4) is 0 Å². The molecule has 0 fully saturated rings. The Morgan fingerprint density at radius 3 is 2.48 bits per heavy atom. The van der Waals surface area contributed by atoms with Gasteiger partial charge in [0.15, 0.2) is 0 Å². The number of hydrogen-bond acceptors (Lipinski definition) is 3. The van der Waals surface area contributed by atoms with Gasteiger partial charge in [0.05, 0.1) is 13.5 Å². The first-order valence-corrected chi connectivity index (χ1v) is 8.42. The molecule has 0 saturated heterocycles. The second-order valence-electron chi connectivity index (χ2n) is 6.01. The number of aliphatic carboxylic acids is 1. The molecule has 3 rings (SSSR count). The Labute approximate surface area is 156 Å². The Bertz CT molecular complexity index is 938. The third kappa shape index (κ3) is 4.64. The highest BCUT2D eigenvalue weighted by Crippen LogP contribution is 2.31. The molecular weight excluding hydrogens is 347 g/mol. The summed E-state index contributed by atoms with van der Waals surface area (Å²) in [4.78, 5) is 11.2. The van der Waals surface area contributed by atoms with Crippen LogP contribution in [0.15, 0.2) is 66.7 Å². The second kappa shape index (κ2) is 8.36. The van der Waals surface area contributed by atoms with E-state index in [0.717, 1.165) is 5.56 Å². The summed E-state index contributed by atoms with van der Waals surface area (Å²) in [7, 11) is 1.47. The second-order valence-corrected chi connectivity index (χ2v) is 6.01. The smallest absolute Gasteiger partial charge is 0.307 e. The number of hydrogen-bond donors (Lipinski definition) is 1. The molecule has 0 amide bonds. The lowest BCUT2D eigenvalue weighted by Gasteiger charge is -2.13. The van der Waals surface area contributed by atoms with E-state index in [2.05, 4.69) is 0 Å². The van der Waals surface area contributed by atoms with Crippen molar-refractivity contribution in [3.63, 3.8) is 0 Å². The van der Waals surface area contributed by atoms with Gasteiger partial charge in [-0.25, -0.2) is 4.39 Å². The van der Waals surface area contributed by atoms with Crippen molar-refractivity contribution >= 4 is 5.97 Å². The minimum absolute atomic E-state index is 0.213. The first-order valence-electron chi connectivity index (χ1n) is 8.42. The van der Waals surface area contributed by atoms with Crippen molar-refractivity contribution in [3.05, 3.63) is 83.7 Å². The van der Waals surface area contributed by atoms with E-state index in [0.29, 0.717) is 34.8 Å². The predicted molar refractivity (Wildman–Crippen MR) is 101 cm³/mol. The van der Waals surface area contributed by atoms with Gasteiger partial charge >= 0.3 is 5.97 Å². The number of methoxy groups -OCH3 is 1. The lowest BCUT2D eigenvalue weighted by atomic mass is 10.00. The summed E-state index contributed by atoms with van der Waals surface area (Å²) in [6, 6.07) is 19.2. The van der Waals surface area contributed by atoms with Crippen molar-refractivity contribution in [2.75, 3.05) is 7.11 Å². The van der Waals surface area contributed by atoms with Gasteiger partial charge in [0.1, 0.15) is 23.9 Å². The molecule has 0 aliphatic carbocycles. The summed E-state index contributed by atoms with van der Waals surface area (Å²) in [5.41, 5.74) is 2.42. The van der Waals surface area contributed by atoms with Gasteiger partial charge in [-0.05, 0) is 35.4 Å². The number of carboxylic acids is 1. The Morgan fingerprint density at radius 1 is 1.04 bits per heavy atom. The Hall–Kier alpha value is -3.34. The van der Waals surface area contributed by atoms with Gasteiger partial charge in [0, 0.05) is 17.2 Å². The molecule has 0 saturated carbocycles. The first-order chi connectivity index (χ1) is 13.1. The Balaban J connectivity index is 1.90. The quantitative estimate of drug-likeness (QED) is 0.658. The molecule has 27 heavy (non-hydrogen) atoms. The van der Waals surface area contributed by atoms with E-state index in [1.165, 1.54) is 13.2 Å². The number of carboxylic acid groups (broad SMARTS) is 1. The zero-order chi connectivity index (χ0) is 19.2. The Morgan fingerprint density at radius 2 is 1.81 bits per heavy atom. The van der Waals surface area contributed by atoms with Crippen molar-refractivity contribution in [1.29, 1.82) is 0 Å². The van der Waals surface area contributed by atoms with Gasteiger partial charge in [-0.2, -0.15) is 0 Å². The van der Waals surface area contributed by atoms with Crippen LogP contribution < -0.4 is 9.47 Å². The van der Waals surface area contributed by atoms with Crippen LogP contribution in [0.25, 0.3) is 11.1 Å². The SMILES string of the molecule is COc1ccc(-c2ccc(OCc3ccccc3)c(CC(=O)O)c2)c(F)c1. The van der Waals surface area contributed by atoms with Crippen molar-refractivity contribution < 1.29 is 23.8 Å². The highest BCUT2D eigenvalue weighted by Gasteiger charge is 2.13. The number of halogens is 1. The highest BCUT2D eigenvalue weighted by atomic mass is 19.1. The van der Waals surface area contributed by atoms with Gasteiger partial charge < -0.3 is 14.6 Å². The highest BCUT2D eigenvalue weighted by molar-refractivity contribution is 5.74. The normalized spacial score (nSPS) is 10.4. The Kier molecular flexibility index (Phi) is 5.71. The molecule has 1 N–H and O–H groups in total. The standard InChI is InChI=1S/C22H19FO4/c1-26-18-8-9-19(20(23)13-18)16-7-10-21(17(11-16)12-22(24)25)27-14-15-5-3-2-4-6-15/h2-11,13H,12,14H2,1H3,(H,24,25). The van der Waals surface area contributed by atoms with Crippen molar-refractivity contribution in [2.45, 2.75) is 13.0 Å². The minimum atomic E-state index is -0.980. The summed E-state index contributed by atoms with van der Waals surface area (Å²) in [5.74, 6) is -0.524. The van der Waals surface area contributed by atoms with Crippen molar-refractivity contribution in [3.8, 4) is 22.6 Å². The lowest BCUT2D eigenvalue weighted by molar-refractivity contribution is -0.136. The third-order valence-corrected chi connectivity index (χ3v) is 4.13. The van der Waals surface area contributed by atoms with E-state index in [1.807, 2.05) is 30.3 Å². The molecule has 138 valence electrons. The van der Waals surface area contributed by atoms with Gasteiger partial charge in [-0.1, -0.05) is 36.4 Å². The van der Waals surface area contributed by atoms with E-state index in [1.54, 1.807) is 30.3 Å². The van der Waals surface area contributed by atoms with E-state index in [4.69, 9.17) is 9.47 Å². The minimum Gasteiger partial charge on any atom is -0.497 e. The maximum absolute atomic E-state index is 14.4. The van der Waals surface area contributed by atoms with Crippen LogP contribution >= 0.6 is 0 Å². The zero-order valence-corrected chi connectivity index (χ0v) is 14.8. The number of ether oxygens (including phenoxy) is 2. The largest absolute Gasteiger partial charge is 0.497 e. The topological polar surface area (TPSA) is 55.8 Å². The summed E-state index contributed by atoms with van der Waals surface area (Å²) < 4.78 is 25.2. The summed E-state index contributed by atoms with van der Waals surface area (Å²) in [6.45, 7) is 0.323. The average Bonchev–Trinajstić information content (AvgIpc) is 2.67. The number of benzene rings is 3. The molecule has 0 heterocycles. The lowest BCUT2D eigenvalue weighted by Crippen LogP contribution is -2.04. The molecule has 0 aromatic heterocycles. The van der Waals surface area contributed by atoms with E-state index in [9.17, 15) is 14.3 Å². The van der Waals surface area contributed by atoms with Crippen molar-refractivity contribution in [2.24, 2.45) is 0 Å². The summed E-state index contributed by atoms with van der Waals surface area (Å²) in [6.07, 6.45) is -0.213. The fraction of sp³-hybridized carbons (Fsp3) is 0.136. The van der Waals surface area contributed by atoms with Crippen LogP contribution in [0.1, 0.15) is 11.1 Å². The van der Waals surface area contributed by atoms with Gasteiger partial charge in [0.25, 0.3) is 0 Å². The molecule has 3 aromatic carbocycles. The van der Waals surface area contributed by atoms with Crippen LogP contribution in [0.5, 0.6) is 11.5 Å². The molecule has 0 radical (unpaired) electrons.